The molecule has 1 nitrogen and oxygen atoms in total. The second kappa shape index (κ2) is 2.82. The zero-order chi connectivity index (χ0) is 9.85. The van der Waals surface area contributed by atoms with E-state index in [0.29, 0.717) is 11.7 Å². The highest BCUT2D eigenvalue weighted by molar-refractivity contribution is 9.10. The number of halogens is 2. The van der Waals surface area contributed by atoms with Crippen LogP contribution in [0.15, 0.2) is 0 Å². The van der Waals surface area contributed by atoms with Crippen molar-refractivity contribution in [3.8, 4) is 0 Å². The predicted octanol–water partition coefficient (Wildman–Crippen LogP) is 3.15. The van der Waals surface area contributed by atoms with Crippen molar-refractivity contribution in [2.75, 3.05) is 5.33 Å². The van der Waals surface area contributed by atoms with Crippen molar-refractivity contribution < 1.29 is 4.79 Å². The number of alkyl halides is 2. The molecule has 0 aromatic carbocycles. The second-order valence-electron chi connectivity index (χ2n) is 4.79. The molecule has 0 radical (unpaired) electrons. The summed E-state index contributed by atoms with van der Waals surface area (Å²) in [4.78, 5) is 12.1. The van der Waals surface area contributed by atoms with Gasteiger partial charge < -0.3 is 0 Å². The monoisotopic (exact) mass is 308 g/mol. The van der Waals surface area contributed by atoms with Gasteiger partial charge in [0.2, 0.25) is 0 Å². The largest absolute Gasteiger partial charge is 0.298 e. The summed E-state index contributed by atoms with van der Waals surface area (Å²) in [5.41, 5.74) is 0.0770. The van der Waals surface area contributed by atoms with Crippen molar-refractivity contribution in [2.24, 2.45) is 16.7 Å². The van der Waals surface area contributed by atoms with Crippen LogP contribution in [0.5, 0.6) is 0 Å². The topological polar surface area (TPSA) is 17.1 Å². The van der Waals surface area contributed by atoms with Crippen LogP contribution in [-0.4, -0.2) is 15.9 Å². The molecule has 74 valence electrons. The Balaban J connectivity index is 2.49. The van der Waals surface area contributed by atoms with Gasteiger partial charge in [0.25, 0.3) is 0 Å². The lowest BCUT2D eigenvalue weighted by molar-refractivity contribution is -0.127. The normalized spacial score (nSPS) is 54.6. The summed E-state index contributed by atoms with van der Waals surface area (Å²) in [5.74, 6) is 0.954. The van der Waals surface area contributed by atoms with Gasteiger partial charge in [-0.25, -0.2) is 0 Å². The molecule has 0 heterocycles. The molecule has 2 saturated carbocycles. The van der Waals surface area contributed by atoms with E-state index in [-0.39, 0.29) is 15.7 Å². The van der Waals surface area contributed by atoms with Gasteiger partial charge in [0, 0.05) is 10.7 Å². The van der Waals surface area contributed by atoms with E-state index >= 15 is 0 Å². The molecule has 3 heteroatoms. The fraction of sp³-hybridized carbons (Fsp3) is 0.900. The lowest BCUT2D eigenvalue weighted by Crippen LogP contribution is -2.36. The van der Waals surface area contributed by atoms with Gasteiger partial charge in [0.1, 0.15) is 0 Å². The quantitative estimate of drug-likeness (QED) is 0.680. The van der Waals surface area contributed by atoms with E-state index < -0.39 is 0 Å². The summed E-state index contributed by atoms with van der Waals surface area (Å²) in [7, 11) is 0. The van der Waals surface area contributed by atoms with Crippen LogP contribution in [0.1, 0.15) is 26.7 Å². The first-order valence-electron chi connectivity index (χ1n) is 4.72. The molecule has 0 spiro atoms. The summed E-state index contributed by atoms with van der Waals surface area (Å²) < 4.78 is 0. The Labute approximate surface area is 95.9 Å². The molecule has 2 aliphatic carbocycles. The lowest BCUT2D eigenvalue weighted by atomic mass is 9.70. The molecule has 0 N–H and O–H groups in total. The molecule has 0 aliphatic heterocycles. The first kappa shape index (κ1) is 10.2. The Bertz CT molecular complexity index is 266. The Morgan fingerprint density at radius 2 is 2.15 bits per heavy atom. The third-order valence-corrected chi connectivity index (χ3v) is 6.68. The molecule has 13 heavy (non-hydrogen) atoms. The smallest absolute Gasteiger partial charge is 0.153 e. The van der Waals surface area contributed by atoms with Gasteiger partial charge in [-0.2, -0.15) is 0 Å². The fourth-order valence-corrected chi connectivity index (χ4v) is 5.45. The molecular weight excluding hydrogens is 296 g/mol. The minimum atomic E-state index is -0.0880. The SMILES string of the molecule is C[C@]12CC[C@@H]([C@H](Br)C1=O)[C@]2(C)CBr. The van der Waals surface area contributed by atoms with Gasteiger partial charge in [-0.05, 0) is 24.2 Å². The van der Waals surface area contributed by atoms with Crippen LogP contribution in [-0.2, 0) is 4.79 Å². The Morgan fingerprint density at radius 3 is 2.46 bits per heavy atom. The number of carbonyl (C=O) groups excluding carboxylic acids is 1. The number of hydrogen-bond donors (Lipinski definition) is 0. The summed E-state index contributed by atoms with van der Waals surface area (Å²) >= 11 is 7.11. The predicted molar refractivity (Wildman–Crippen MR) is 60.5 cm³/mol. The van der Waals surface area contributed by atoms with Gasteiger partial charge >= 0.3 is 0 Å². The lowest BCUT2D eigenvalue weighted by Gasteiger charge is -2.34. The van der Waals surface area contributed by atoms with Crippen molar-refractivity contribution in [1.29, 1.82) is 0 Å². The van der Waals surface area contributed by atoms with Crippen molar-refractivity contribution >= 4 is 37.6 Å². The van der Waals surface area contributed by atoms with Gasteiger partial charge in [-0.1, -0.05) is 45.7 Å². The maximum atomic E-state index is 12.0. The van der Waals surface area contributed by atoms with Crippen molar-refractivity contribution in [1.82, 2.24) is 0 Å². The van der Waals surface area contributed by atoms with Crippen LogP contribution in [0.4, 0.5) is 0 Å². The van der Waals surface area contributed by atoms with Gasteiger partial charge in [-0.3, -0.25) is 4.79 Å². The maximum absolute atomic E-state index is 12.0. The number of Topliss-reactive ketones (excluding diaryl/α,β-unsaturated/α-hetero) is 1. The number of rotatable bonds is 1. The van der Waals surface area contributed by atoms with Crippen LogP contribution in [0, 0.1) is 16.7 Å². The first-order chi connectivity index (χ1) is 5.97. The highest BCUT2D eigenvalue weighted by Gasteiger charge is 2.67. The number of ketones is 1. The zero-order valence-electron chi connectivity index (χ0n) is 7.94. The average Bonchev–Trinajstić information content (AvgIpc) is 2.44. The molecule has 2 aliphatic rings. The van der Waals surface area contributed by atoms with E-state index in [1.807, 2.05) is 0 Å². The molecule has 0 amide bonds. The first-order valence-corrected chi connectivity index (χ1v) is 6.75. The molecule has 2 rings (SSSR count). The third kappa shape index (κ3) is 0.956. The number of fused-ring (bicyclic) bond motifs is 2. The zero-order valence-corrected chi connectivity index (χ0v) is 11.1. The molecule has 2 fully saturated rings. The molecular formula is C10H14Br2O. The summed E-state index contributed by atoms with van der Waals surface area (Å²) in [6.07, 6.45) is 2.26. The van der Waals surface area contributed by atoms with Gasteiger partial charge in [0.05, 0.1) is 4.83 Å². The van der Waals surface area contributed by atoms with Gasteiger partial charge in [-0.15, -0.1) is 0 Å². The molecule has 2 bridgehead atoms. The van der Waals surface area contributed by atoms with Crippen molar-refractivity contribution in [3.05, 3.63) is 0 Å². The van der Waals surface area contributed by atoms with E-state index in [1.165, 1.54) is 6.42 Å². The third-order valence-electron chi connectivity index (χ3n) is 4.46. The number of hydrogen-bond acceptors (Lipinski definition) is 1. The number of carbonyl (C=O) groups is 1. The Morgan fingerprint density at radius 1 is 1.54 bits per heavy atom. The minimum Gasteiger partial charge on any atom is -0.298 e. The van der Waals surface area contributed by atoms with Crippen LogP contribution < -0.4 is 0 Å². The molecule has 4 atom stereocenters. The van der Waals surface area contributed by atoms with Gasteiger partial charge in [0.15, 0.2) is 5.78 Å². The van der Waals surface area contributed by atoms with Crippen LogP contribution in [0.25, 0.3) is 0 Å². The van der Waals surface area contributed by atoms with E-state index in [9.17, 15) is 4.79 Å². The molecule has 0 aromatic rings. The molecule has 0 saturated heterocycles. The highest BCUT2D eigenvalue weighted by atomic mass is 79.9. The summed E-state index contributed by atoms with van der Waals surface area (Å²) in [5, 5.41) is 0.939. The minimum absolute atomic E-state index is 0.0880. The molecule has 0 unspecified atom stereocenters. The average molecular weight is 310 g/mol. The summed E-state index contributed by atoms with van der Waals surface area (Å²) in [6.45, 7) is 4.39. The van der Waals surface area contributed by atoms with Crippen molar-refractivity contribution in [3.63, 3.8) is 0 Å². The molecule has 0 aromatic heterocycles. The Hall–Kier alpha value is 0.630. The van der Waals surface area contributed by atoms with E-state index in [4.69, 9.17) is 0 Å². The van der Waals surface area contributed by atoms with Crippen LogP contribution in [0.3, 0.4) is 0 Å². The standard InChI is InChI=1S/C10H14Br2O/c1-9-4-3-6(7(12)8(9)13)10(9,2)5-11/h6-7H,3-5H2,1-2H3/t6-,7-,9-,10-/m0/s1. The maximum Gasteiger partial charge on any atom is 0.153 e. The van der Waals surface area contributed by atoms with Crippen LogP contribution >= 0.6 is 31.9 Å². The van der Waals surface area contributed by atoms with E-state index in [0.717, 1.165) is 11.8 Å². The van der Waals surface area contributed by atoms with E-state index in [1.54, 1.807) is 0 Å². The van der Waals surface area contributed by atoms with Crippen LogP contribution in [0.2, 0.25) is 0 Å². The highest BCUT2D eigenvalue weighted by Crippen LogP contribution is 2.65. The van der Waals surface area contributed by atoms with E-state index in [2.05, 4.69) is 45.7 Å². The fourth-order valence-electron chi connectivity index (χ4n) is 3.07. The second-order valence-corrected chi connectivity index (χ2v) is 6.34. The summed E-state index contributed by atoms with van der Waals surface area (Å²) in [6, 6.07) is 0. The Kier molecular flexibility index (Phi) is 2.20. The van der Waals surface area contributed by atoms with Crippen molar-refractivity contribution in [2.45, 2.75) is 31.5 Å².